The molecule has 1 unspecified atom stereocenters. The second-order valence-corrected chi connectivity index (χ2v) is 5.92. The molecule has 128 valence electrons. The Labute approximate surface area is 140 Å². The summed E-state index contributed by atoms with van der Waals surface area (Å²) in [7, 11) is 1.53. The lowest BCUT2D eigenvalue weighted by atomic mass is 9.88. The van der Waals surface area contributed by atoms with Crippen molar-refractivity contribution in [3.05, 3.63) is 53.0 Å². The van der Waals surface area contributed by atoms with Crippen LogP contribution < -0.4 is 10.1 Å². The number of carbonyl (C=O) groups excluding carboxylic acids is 1. The molecule has 0 aliphatic carbocycles. The van der Waals surface area contributed by atoms with Crippen molar-refractivity contribution in [1.29, 1.82) is 0 Å². The smallest absolute Gasteiger partial charge is 0.306 e. The van der Waals surface area contributed by atoms with Crippen molar-refractivity contribution < 1.29 is 23.8 Å². The number of furan rings is 1. The van der Waals surface area contributed by atoms with Gasteiger partial charge in [-0.2, -0.15) is 0 Å². The number of methoxy groups -OCH3 is 1. The minimum absolute atomic E-state index is 0.262. The molecular formula is C18H21NO5. The lowest BCUT2D eigenvalue weighted by molar-refractivity contribution is -0.138. The molecule has 1 aromatic carbocycles. The summed E-state index contributed by atoms with van der Waals surface area (Å²) in [5, 5.41) is 12.1. The van der Waals surface area contributed by atoms with Gasteiger partial charge in [0.2, 0.25) is 0 Å². The third kappa shape index (κ3) is 3.76. The molecule has 0 bridgehead atoms. The highest BCUT2D eigenvalue weighted by Crippen LogP contribution is 2.29. The first-order valence-corrected chi connectivity index (χ1v) is 7.51. The SMILES string of the molecule is COc1cccc(C(C)(CC(=O)O)NC(=O)c2cc(C)oc2C)c1. The van der Waals surface area contributed by atoms with Gasteiger partial charge in [0.15, 0.2) is 0 Å². The van der Waals surface area contributed by atoms with Crippen LogP contribution in [0.4, 0.5) is 0 Å². The molecule has 1 heterocycles. The van der Waals surface area contributed by atoms with E-state index in [2.05, 4.69) is 5.32 Å². The molecule has 1 atom stereocenters. The zero-order valence-electron chi connectivity index (χ0n) is 14.2. The molecule has 0 spiro atoms. The number of ether oxygens (including phenoxy) is 1. The molecule has 6 nitrogen and oxygen atoms in total. The third-order valence-corrected chi connectivity index (χ3v) is 3.89. The lowest BCUT2D eigenvalue weighted by Gasteiger charge is -2.30. The summed E-state index contributed by atoms with van der Waals surface area (Å²) in [6, 6.07) is 8.64. The van der Waals surface area contributed by atoms with Crippen LogP contribution in [0.5, 0.6) is 5.75 Å². The van der Waals surface area contributed by atoms with Crippen LogP contribution in [-0.4, -0.2) is 24.1 Å². The standard InChI is InChI=1S/C18H21NO5/c1-11-8-15(12(2)24-11)17(22)19-18(3,10-16(20)21)13-6-5-7-14(9-13)23-4/h5-9H,10H2,1-4H3,(H,19,22)(H,20,21). The largest absolute Gasteiger partial charge is 0.497 e. The fourth-order valence-electron chi connectivity index (χ4n) is 2.66. The second kappa shape index (κ2) is 6.78. The normalized spacial score (nSPS) is 13.2. The highest BCUT2D eigenvalue weighted by Gasteiger charge is 2.33. The fourth-order valence-corrected chi connectivity index (χ4v) is 2.66. The maximum atomic E-state index is 12.6. The van der Waals surface area contributed by atoms with E-state index in [0.717, 1.165) is 0 Å². The third-order valence-electron chi connectivity index (χ3n) is 3.89. The van der Waals surface area contributed by atoms with Crippen LogP contribution >= 0.6 is 0 Å². The molecule has 1 amide bonds. The number of carboxylic acids is 1. The van der Waals surface area contributed by atoms with Crippen LogP contribution in [0.2, 0.25) is 0 Å². The number of nitrogens with one attached hydrogen (secondary N) is 1. The molecule has 0 aliphatic heterocycles. The van der Waals surface area contributed by atoms with Gasteiger partial charge in [-0.25, -0.2) is 0 Å². The van der Waals surface area contributed by atoms with E-state index >= 15 is 0 Å². The van der Waals surface area contributed by atoms with Gasteiger partial charge < -0.3 is 19.6 Å². The molecule has 6 heteroatoms. The Morgan fingerprint density at radius 1 is 1.29 bits per heavy atom. The van der Waals surface area contributed by atoms with E-state index in [4.69, 9.17) is 9.15 Å². The predicted molar refractivity (Wildman–Crippen MR) is 88.2 cm³/mol. The van der Waals surface area contributed by atoms with Crippen LogP contribution in [0.15, 0.2) is 34.7 Å². The Kier molecular flexibility index (Phi) is 4.97. The molecule has 24 heavy (non-hydrogen) atoms. The van der Waals surface area contributed by atoms with Gasteiger partial charge in [0.25, 0.3) is 5.91 Å². The van der Waals surface area contributed by atoms with Gasteiger partial charge in [-0.05, 0) is 44.5 Å². The maximum Gasteiger partial charge on any atom is 0.306 e. The van der Waals surface area contributed by atoms with Gasteiger partial charge >= 0.3 is 5.97 Å². The van der Waals surface area contributed by atoms with E-state index in [1.807, 2.05) is 0 Å². The number of hydrogen-bond donors (Lipinski definition) is 2. The van der Waals surface area contributed by atoms with Crippen molar-refractivity contribution in [2.24, 2.45) is 0 Å². The predicted octanol–water partition coefficient (Wildman–Crippen LogP) is 3.02. The number of carboxylic acid groups (broad SMARTS) is 1. The zero-order valence-corrected chi connectivity index (χ0v) is 14.2. The summed E-state index contributed by atoms with van der Waals surface area (Å²) in [6.07, 6.45) is -0.262. The summed E-state index contributed by atoms with van der Waals surface area (Å²) < 4.78 is 10.6. The topological polar surface area (TPSA) is 88.8 Å². The quantitative estimate of drug-likeness (QED) is 0.849. The first-order chi connectivity index (χ1) is 11.2. The molecule has 0 fully saturated rings. The monoisotopic (exact) mass is 331 g/mol. The molecule has 0 aliphatic rings. The first-order valence-electron chi connectivity index (χ1n) is 7.51. The van der Waals surface area contributed by atoms with Gasteiger partial charge in [-0.15, -0.1) is 0 Å². The molecule has 2 rings (SSSR count). The summed E-state index contributed by atoms with van der Waals surface area (Å²) in [6.45, 7) is 5.13. The highest BCUT2D eigenvalue weighted by molar-refractivity contribution is 5.96. The highest BCUT2D eigenvalue weighted by atomic mass is 16.5. The fraction of sp³-hybridized carbons (Fsp3) is 0.333. The minimum Gasteiger partial charge on any atom is -0.497 e. The van der Waals surface area contributed by atoms with E-state index in [1.54, 1.807) is 51.1 Å². The van der Waals surface area contributed by atoms with Crippen molar-refractivity contribution in [1.82, 2.24) is 5.32 Å². The summed E-state index contributed by atoms with van der Waals surface area (Å²) in [4.78, 5) is 23.9. The Morgan fingerprint density at radius 3 is 2.54 bits per heavy atom. The molecule has 2 aromatic rings. The molecule has 1 aromatic heterocycles. The van der Waals surface area contributed by atoms with Crippen molar-refractivity contribution in [2.45, 2.75) is 32.7 Å². The Morgan fingerprint density at radius 2 is 2.00 bits per heavy atom. The van der Waals surface area contributed by atoms with Gasteiger partial charge in [-0.1, -0.05) is 12.1 Å². The van der Waals surface area contributed by atoms with Gasteiger partial charge in [-0.3, -0.25) is 9.59 Å². The van der Waals surface area contributed by atoms with Crippen LogP contribution in [0.1, 0.15) is 40.8 Å². The van der Waals surface area contributed by atoms with E-state index in [-0.39, 0.29) is 12.3 Å². The van der Waals surface area contributed by atoms with E-state index in [1.165, 1.54) is 7.11 Å². The van der Waals surface area contributed by atoms with Gasteiger partial charge in [0.1, 0.15) is 17.3 Å². The van der Waals surface area contributed by atoms with Crippen LogP contribution in [0.25, 0.3) is 0 Å². The number of amides is 1. The van der Waals surface area contributed by atoms with Crippen LogP contribution in [0, 0.1) is 13.8 Å². The number of aryl methyl sites for hydroxylation is 2. The zero-order chi connectivity index (χ0) is 17.9. The summed E-state index contributed by atoms with van der Waals surface area (Å²) in [5.74, 6) is 0.317. The van der Waals surface area contributed by atoms with Crippen LogP contribution in [-0.2, 0) is 10.3 Å². The minimum atomic E-state index is -1.09. The molecule has 2 N–H and O–H groups in total. The summed E-state index contributed by atoms with van der Waals surface area (Å²) in [5.41, 5.74) is -0.0443. The molecule has 0 radical (unpaired) electrons. The Balaban J connectivity index is 2.38. The maximum absolute atomic E-state index is 12.6. The first kappa shape index (κ1) is 17.6. The summed E-state index contributed by atoms with van der Waals surface area (Å²) >= 11 is 0. The van der Waals surface area contributed by atoms with Gasteiger partial charge in [0, 0.05) is 0 Å². The molecular weight excluding hydrogens is 310 g/mol. The average Bonchev–Trinajstić information content (AvgIpc) is 2.85. The van der Waals surface area contributed by atoms with Crippen molar-refractivity contribution >= 4 is 11.9 Å². The Bertz CT molecular complexity index is 765. The number of benzene rings is 1. The number of carbonyl (C=O) groups is 2. The average molecular weight is 331 g/mol. The van der Waals surface area contributed by atoms with Crippen molar-refractivity contribution in [2.75, 3.05) is 7.11 Å². The van der Waals surface area contributed by atoms with E-state index in [9.17, 15) is 14.7 Å². The van der Waals surface area contributed by atoms with Crippen LogP contribution in [0.3, 0.4) is 0 Å². The Hall–Kier alpha value is -2.76. The van der Waals surface area contributed by atoms with Gasteiger partial charge in [0.05, 0.1) is 24.6 Å². The van der Waals surface area contributed by atoms with Crippen molar-refractivity contribution in [3.63, 3.8) is 0 Å². The lowest BCUT2D eigenvalue weighted by Crippen LogP contribution is -2.45. The molecule has 0 saturated heterocycles. The number of rotatable bonds is 6. The number of aliphatic carboxylic acids is 1. The van der Waals surface area contributed by atoms with E-state index < -0.39 is 11.5 Å². The van der Waals surface area contributed by atoms with Crippen molar-refractivity contribution in [3.8, 4) is 5.75 Å². The second-order valence-electron chi connectivity index (χ2n) is 5.92. The number of hydrogen-bond acceptors (Lipinski definition) is 4. The molecule has 0 saturated carbocycles. The van der Waals surface area contributed by atoms with E-state index in [0.29, 0.717) is 28.4 Å².